The Morgan fingerprint density at radius 2 is 1.95 bits per heavy atom. The molecule has 102 valence electrons. The first-order valence-corrected chi connectivity index (χ1v) is 6.14. The molecule has 2 rings (SSSR count). The van der Waals surface area contributed by atoms with E-state index in [1.54, 1.807) is 0 Å². The molecule has 0 radical (unpaired) electrons. The van der Waals surface area contributed by atoms with Crippen LogP contribution in [0.3, 0.4) is 0 Å². The lowest BCUT2D eigenvalue weighted by molar-refractivity contribution is 0.547. The second-order valence-corrected chi connectivity index (χ2v) is 4.75. The van der Waals surface area contributed by atoms with Gasteiger partial charge in [-0.3, -0.25) is 0 Å². The molecule has 0 fully saturated rings. The number of halogens is 2. The minimum absolute atomic E-state index is 0.204. The SMILES string of the molecule is CC(C)CNCc1cn(-c2c(F)cccc2F)nn1. The van der Waals surface area contributed by atoms with Crippen LogP contribution in [0.5, 0.6) is 0 Å². The summed E-state index contributed by atoms with van der Waals surface area (Å²) in [4.78, 5) is 0. The summed E-state index contributed by atoms with van der Waals surface area (Å²) < 4.78 is 28.2. The second kappa shape index (κ2) is 5.88. The molecule has 1 heterocycles. The van der Waals surface area contributed by atoms with Crippen molar-refractivity contribution in [2.45, 2.75) is 20.4 Å². The Morgan fingerprint density at radius 3 is 2.58 bits per heavy atom. The van der Waals surface area contributed by atoms with Gasteiger partial charge in [0, 0.05) is 6.54 Å². The van der Waals surface area contributed by atoms with E-state index in [0.29, 0.717) is 18.2 Å². The fourth-order valence-corrected chi connectivity index (χ4v) is 1.69. The van der Waals surface area contributed by atoms with Crippen LogP contribution < -0.4 is 5.32 Å². The highest BCUT2D eigenvalue weighted by Crippen LogP contribution is 2.16. The first-order chi connectivity index (χ1) is 9.08. The molecular formula is C13H16F2N4. The van der Waals surface area contributed by atoms with Crippen LogP contribution in [0.15, 0.2) is 24.4 Å². The molecule has 0 atom stereocenters. The third-order valence-electron chi connectivity index (χ3n) is 2.57. The van der Waals surface area contributed by atoms with Gasteiger partial charge in [0.2, 0.25) is 0 Å². The third kappa shape index (κ3) is 3.35. The summed E-state index contributed by atoms with van der Waals surface area (Å²) in [7, 11) is 0. The first kappa shape index (κ1) is 13.6. The van der Waals surface area contributed by atoms with E-state index < -0.39 is 11.6 Å². The van der Waals surface area contributed by atoms with E-state index in [9.17, 15) is 8.78 Å². The summed E-state index contributed by atoms with van der Waals surface area (Å²) in [6, 6.07) is 3.70. The van der Waals surface area contributed by atoms with Crippen LogP contribution >= 0.6 is 0 Å². The summed E-state index contributed by atoms with van der Waals surface area (Å²) in [5.41, 5.74) is 0.438. The minimum Gasteiger partial charge on any atom is -0.311 e. The summed E-state index contributed by atoms with van der Waals surface area (Å²) in [5, 5.41) is 10.8. The Morgan fingerprint density at radius 1 is 1.26 bits per heavy atom. The van der Waals surface area contributed by atoms with Gasteiger partial charge in [-0.1, -0.05) is 25.1 Å². The fourth-order valence-electron chi connectivity index (χ4n) is 1.69. The molecule has 0 bridgehead atoms. The highest BCUT2D eigenvalue weighted by Gasteiger charge is 2.12. The molecule has 1 aromatic carbocycles. The lowest BCUT2D eigenvalue weighted by Crippen LogP contribution is -2.19. The maximum absolute atomic E-state index is 13.6. The van der Waals surface area contributed by atoms with Crippen molar-refractivity contribution in [1.29, 1.82) is 0 Å². The monoisotopic (exact) mass is 266 g/mol. The van der Waals surface area contributed by atoms with Crippen molar-refractivity contribution in [3.63, 3.8) is 0 Å². The predicted octanol–water partition coefficient (Wildman–Crippen LogP) is 2.29. The number of nitrogens with one attached hydrogen (secondary N) is 1. The Bertz CT molecular complexity index is 531. The molecule has 2 aromatic rings. The maximum atomic E-state index is 13.6. The standard InChI is InChI=1S/C13H16F2N4/c1-9(2)6-16-7-10-8-19(18-17-10)13-11(14)4-3-5-12(13)15/h3-5,8-9,16H,6-7H2,1-2H3. The van der Waals surface area contributed by atoms with Crippen molar-refractivity contribution in [1.82, 2.24) is 20.3 Å². The summed E-state index contributed by atoms with van der Waals surface area (Å²) in [6.07, 6.45) is 1.52. The molecule has 0 aliphatic heterocycles. The van der Waals surface area contributed by atoms with Crippen molar-refractivity contribution in [2.75, 3.05) is 6.54 Å². The Labute approximate surface area is 110 Å². The van der Waals surface area contributed by atoms with Crippen LogP contribution in [0.25, 0.3) is 5.69 Å². The molecule has 0 aliphatic carbocycles. The largest absolute Gasteiger partial charge is 0.311 e. The topological polar surface area (TPSA) is 42.7 Å². The number of aromatic nitrogens is 3. The van der Waals surface area contributed by atoms with E-state index in [2.05, 4.69) is 29.5 Å². The highest BCUT2D eigenvalue weighted by atomic mass is 19.1. The number of para-hydroxylation sites is 1. The van der Waals surface area contributed by atoms with Gasteiger partial charge in [0.15, 0.2) is 11.6 Å². The molecule has 19 heavy (non-hydrogen) atoms. The molecule has 1 aromatic heterocycles. The van der Waals surface area contributed by atoms with Crippen LogP contribution in [0.4, 0.5) is 8.78 Å². The molecule has 0 spiro atoms. The van der Waals surface area contributed by atoms with Crippen LogP contribution in [-0.2, 0) is 6.54 Å². The number of nitrogens with zero attached hydrogens (tertiary/aromatic N) is 3. The predicted molar refractivity (Wildman–Crippen MR) is 67.8 cm³/mol. The molecule has 4 nitrogen and oxygen atoms in total. The van der Waals surface area contributed by atoms with Gasteiger partial charge in [-0.05, 0) is 24.6 Å². The summed E-state index contributed by atoms with van der Waals surface area (Å²) in [6.45, 7) is 5.56. The molecule has 0 saturated heterocycles. The molecule has 1 N–H and O–H groups in total. The van der Waals surface area contributed by atoms with Gasteiger partial charge in [0.25, 0.3) is 0 Å². The lowest BCUT2D eigenvalue weighted by atomic mass is 10.2. The molecule has 0 amide bonds. The van der Waals surface area contributed by atoms with E-state index in [-0.39, 0.29) is 5.69 Å². The highest BCUT2D eigenvalue weighted by molar-refractivity contribution is 5.34. The zero-order chi connectivity index (χ0) is 13.8. The van der Waals surface area contributed by atoms with Crippen molar-refractivity contribution in [2.24, 2.45) is 5.92 Å². The Balaban J connectivity index is 2.12. The zero-order valence-electron chi connectivity index (χ0n) is 10.9. The number of rotatable bonds is 5. The van der Waals surface area contributed by atoms with E-state index in [0.717, 1.165) is 11.2 Å². The van der Waals surface area contributed by atoms with Gasteiger partial charge in [0.1, 0.15) is 5.69 Å². The quantitative estimate of drug-likeness (QED) is 0.903. The van der Waals surface area contributed by atoms with E-state index in [1.807, 2.05) is 0 Å². The van der Waals surface area contributed by atoms with Crippen LogP contribution in [0.2, 0.25) is 0 Å². The lowest BCUT2D eigenvalue weighted by Gasteiger charge is -2.04. The second-order valence-electron chi connectivity index (χ2n) is 4.75. The third-order valence-corrected chi connectivity index (χ3v) is 2.57. The van der Waals surface area contributed by atoms with Gasteiger partial charge in [-0.15, -0.1) is 5.10 Å². The van der Waals surface area contributed by atoms with E-state index in [1.165, 1.54) is 24.4 Å². The van der Waals surface area contributed by atoms with Crippen molar-refractivity contribution in [3.8, 4) is 5.69 Å². The van der Waals surface area contributed by atoms with Gasteiger partial charge >= 0.3 is 0 Å². The van der Waals surface area contributed by atoms with E-state index >= 15 is 0 Å². The van der Waals surface area contributed by atoms with Gasteiger partial charge in [0.05, 0.1) is 11.9 Å². The first-order valence-electron chi connectivity index (χ1n) is 6.14. The van der Waals surface area contributed by atoms with Crippen molar-refractivity contribution >= 4 is 0 Å². The van der Waals surface area contributed by atoms with Crippen LogP contribution in [0, 0.1) is 17.6 Å². The molecule has 6 heteroatoms. The van der Waals surface area contributed by atoms with E-state index in [4.69, 9.17) is 0 Å². The number of benzene rings is 1. The Kier molecular flexibility index (Phi) is 4.21. The average Bonchev–Trinajstić information content (AvgIpc) is 2.77. The van der Waals surface area contributed by atoms with Gasteiger partial charge in [-0.25, -0.2) is 13.5 Å². The molecule has 0 saturated carbocycles. The molecule has 0 aliphatic rings. The number of hydrogen-bond donors (Lipinski definition) is 1. The molecule has 0 unspecified atom stereocenters. The van der Waals surface area contributed by atoms with Gasteiger partial charge < -0.3 is 5.32 Å². The zero-order valence-corrected chi connectivity index (χ0v) is 10.9. The van der Waals surface area contributed by atoms with Crippen molar-refractivity contribution in [3.05, 3.63) is 41.7 Å². The minimum atomic E-state index is -0.661. The molecular weight excluding hydrogens is 250 g/mol. The summed E-state index contributed by atoms with van der Waals surface area (Å²) >= 11 is 0. The fraction of sp³-hybridized carbons (Fsp3) is 0.385. The van der Waals surface area contributed by atoms with Crippen LogP contribution in [0.1, 0.15) is 19.5 Å². The van der Waals surface area contributed by atoms with Gasteiger partial charge in [-0.2, -0.15) is 0 Å². The number of hydrogen-bond acceptors (Lipinski definition) is 3. The average molecular weight is 266 g/mol. The summed E-state index contributed by atoms with van der Waals surface area (Å²) in [5.74, 6) is -0.794. The maximum Gasteiger partial charge on any atom is 0.151 e. The Hall–Kier alpha value is -1.82. The van der Waals surface area contributed by atoms with Crippen LogP contribution in [-0.4, -0.2) is 21.5 Å². The normalized spacial score (nSPS) is 11.2. The van der Waals surface area contributed by atoms with Crippen molar-refractivity contribution < 1.29 is 8.78 Å². The smallest absolute Gasteiger partial charge is 0.151 e.